The molecule has 0 unspecified atom stereocenters. The van der Waals surface area contributed by atoms with Gasteiger partial charge in [0, 0.05) is 0 Å². The molecule has 7 aromatic rings. The van der Waals surface area contributed by atoms with E-state index >= 15 is 0 Å². The van der Waals surface area contributed by atoms with E-state index in [-0.39, 0.29) is 0 Å². The average Bonchev–Trinajstić information content (AvgIpc) is 2.75. The van der Waals surface area contributed by atoms with Crippen molar-refractivity contribution in [1.29, 1.82) is 0 Å². The monoisotopic (exact) mass is 352 g/mol. The maximum Gasteiger partial charge on any atom is -0.00259 e. The van der Waals surface area contributed by atoms with Crippen molar-refractivity contribution in [2.45, 2.75) is 0 Å². The molecule has 0 heteroatoms. The molecule has 0 saturated heterocycles. The van der Waals surface area contributed by atoms with Crippen LogP contribution in [0.5, 0.6) is 0 Å². The third kappa shape index (κ3) is 1.70. The van der Waals surface area contributed by atoms with Crippen LogP contribution in [0, 0.1) is 0 Å². The molecule has 0 aliphatic carbocycles. The largest absolute Gasteiger partial charge is 0.0616 e. The first-order chi connectivity index (χ1) is 13.9. The molecule has 0 bridgehead atoms. The van der Waals surface area contributed by atoms with Gasteiger partial charge in [-0.25, -0.2) is 0 Å². The van der Waals surface area contributed by atoms with Crippen molar-refractivity contribution < 1.29 is 0 Å². The molecule has 0 heterocycles. The van der Waals surface area contributed by atoms with Crippen LogP contribution in [0.1, 0.15) is 0 Å². The molecule has 28 heavy (non-hydrogen) atoms. The van der Waals surface area contributed by atoms with Gasteiger partial charge in [-0.1, -0.05) is 78.9 Å². The fraction of sp³-hybridized carbons (Fsp3) is 0. The topological polar surface area (TPSA) is 0 Å². The summed E-state index contributed by atoms with van der Waals surface area (Å²) in [6, 6.07) is 35.9. The van der Waals surface area contributed by atoms with Crippen molar-refractivity contribution in [3.05, 3.63) is 97.1 Å². The Hall–Kier alpha value is -3.64. The summed E-state index contributed by atoms with van der Waals surface area (Å²) in [6.07, 6.45) is 0. The molecule has 128 valence electrons. The summed E-state index contributed by atoms with van der Waals surface area (Å²) in [7, 11) is 0. The van der Waals surface area contributed by atoms with Gasteiger partial charge in [-0.15, -0.1) is 0 Å². The van der Waals surface area contributed by atoms with Crippen LogP contribution < -0.4 is 0 Å². The van der Waals surface area contributed by atoms with Gasteiger partial charge < -0.3 is 0 Å². The Balaban J connectivity index is 1.88. The van der Waals surface area contributed by atoms with Crippen LogP contribution in [0.3, 0.4) is 0 Å². The Bertz CT molecular complexity index is 1700. The minimum Gasteiger partial charge on any atom is -0.0616 e. The van der Waals surface area contributed by atoms with Crippen LogP contribution in [0.25, 0.3) is 64.6 Å². The molecule has 0 atom stereocenters. The molecule has 0 fully saturated rings. The molecular formula is C28H16. The van der Waals surface area contributed by atoms with E-state index in [0.29, 0.717) is 0 Å². The highest BCUT2D eigenvalue weighted by atomic mass is 14.2. The van der Waals surface area contributed by atoms with Crippen LogP contribution in [0.2, 0.25) is 0 Å². The SMILES string of the molecule is c1ccc2c(c1)cc1cccc3c4cc5cccc6cccc(c4cc2c13)c65. The molecule has 0 aliphatic heterocycles. The van der Waals surface area contributed by atoms with Gasteiger partial charge in [0.15, 0.2) is 0 Å². The van der Waals surface area contributed by atoms with Gasteiger partial charge in [-0.2, -0.15) is 0 Å². The Morgan fingerprint density at radius 1 is 0.286 bits per heavy atom. The van der Waals surface area contributed by atoms with E-state index in [9.17, 15) is 0 Å². The van der Waals surface area contributed by atoms with Gasteiger partial charge in [-0.05, 0) is 82.8 Å². The van der Waals surface area contributed by atoms with Crippen LogP contribution in [0.15, 0.2) is 97.1 Å². The molecule has 7 aromatic carbocycles. The second-order valence-electron chi connectivity index (χ2n) is 7.78. The maximum atomic E-state index is 2.42. The maximum absolute atomic E-state index is 2.42. The minimum absolute atomic E-state index is 1.31. The quantitative estimate of drug-likeness (QED) is 0.191. The summed E-state index contributed by atoms with van der Waals surface area (Å²) >= 11 is 0. The number of hydrogen-bond acceptors (Lipinski definition) is 0. The molecule has 0 aliphatic rings. The zero-order chi connectivity index (χ0) is 18.2. The summed E-state index contributed by atoms with van der Waals surface area (Å²) in [4.78, 5) is 0. The smallest absolute Gasteiger partial charge is 0.00259 e. The summed E-state index contributed by atoms with van der Waals surface area (Å²) in [6.45, 7) is 0. The van der Waals surface area contributed by atoms with Gasteiger partial charge in [0.25, 0.3) is 0 Å². The lowest BCUT2D eigenvalue weighted by atomic mass is 9.88. The van der Waals surface area contributed by atoms with Crippen LogP contribution >= 0.6 is 0 Å². The highest BCUT2D eigenvalue weighted by Gasteiger charge is 2.13. The zero-order valence-corrected chi connectivity index (χ0v) is 15.2. The van der Waals surface area contributed by atoms with Crippen molar-refractivity contribution in [3.63, 3.8) is 0 Å². The number of fused-ring (bicyclic) bond motifs is 5. The highest BCUT2D eigenvalue weighted by Crippen LogP contribution is 2.42. The van der Waals surface area contributed by atoms with Gasteiger partial charge in [0.2, 0.25) is 0 Å². The van der Waals surface area contributed by atoms with Crippen molar-refractivity contribution in [1.82, 2.24) is 0 Å². The Morgan fingerprint density at radius 2 is 0.857 bits per heavy atom. The van der Waals surface area contributed by atoms with Crippen LogP contribution in [-0.4, -0.2) is 0 Å². The lowest BCUT2D eigenvalue weighted by molar-refractivity contribution is 1.79. The first-order valence-corrected chi connectivity index (χ1v) is 9.79. The predicted molar refractivity (Wildman–Crippen MR) is 123 cm³/mol. The number of rotatable bonds is 0. The van der Waals surface area contributed by atoms with Crippen LogP contribution in [0.4, 0.5) is 0 Å². The van der Waals surface area contributed by atoms with E-state index in [4.69, 9.17) is 0 Å². The lowest BCUT2D eigenvalue weighted by Gasteiger charge is -2.15. The average molecular weight is 352 g/mol. The van der Waals surface area contributed by atoms with E-state index in [1.54, 1.807) is 0 Å². The third-order valence-corrected chi connectivity index (χ3v) is 6.32. The third-order valence-electron chi connectivity index (χ3n) is 6.32. The minimum atomic E-state index is 1.31. The Kier molecular flexibility index (Phi) is 2.57. The zero-order valence-electron chi connectivity index (χ0n) is 15.2. The standard InChI is InChI=1S/C28H16/c1-2-11-21-18(6-1)14-19-10-5-13-23-24-15-20-9-3-7-17-8-4-12-22(27(17)20)25(24)16-26(21)28(19)23/h1-16H. The van der Waals surface area contributed by atoms with E-state index < -0.39 is 0 Å². The molecule has 0 aromatic heterocycles. The molecule has 7 rings (SSSR count). The van der Waals surface area contributed by atoms with Gasteiger partial charge in [-0.3, -0.25) is 0 Å². The normalized spacial score (nSPS) is 12.3. The van der Waals surface area contributed by atoms with Crippen molar-refractivity contribution in [3.8, 4) is 0 Å². The summed E-state index contributed by atoms with van der Waals surface area (Å²) in [5.74, 6) is 0. The fourth-order valence-electron chi connectivity index (χ4n) is 5.15. The molecule has 0 saturated carbocycles. The van der Waals surface area contributed by atoms with E-state index in [0.717, 1.165) is 0 Å². The van der Waals surface area contributed by atoms with Gasteiger partial charge >= 0.3 is 0 Å². The number of benzene rings is 7. The number of hydrogen-bond donors (Lipinski definition) is 0. The summed E-state index contributed by atoms with van der Waals surface area (Å²) < 4.78 is 0. The van der Waals surface area contributed by atoms with Gasteiger partial charge in [0.05, 0.1) is 0 Å². The Morgan fingerprint density at radius 3 is 1.71 bits per heavy atom. The van der Waals surface area contributed by atoms with Gasteiger partial charge in [0.1, 0.15) is 0 Å². The molecule has 0 amide bonds. The molecule has 0 N–H and O–H groups in total. The predicted octanol–water partition coefficient (Wildman–Crippen LogP) is 8.04. The molecular weight excluding hydrogens is 336 g/mol. The lowest BCUT2D eigenvalue weighted by Crippen LogP contribution is -1.87. The molecule has 0 radical (unpaired) electrons. The second kappa shape index (κ2) is 4.99. The second-order valence-corrected chi connectivity index (χ2v) is 7.78. The first kappa shape index (κ1) is 14.4. The molecule has 0 spiro atoms. The van der Waals surface area contributed by atoms with Crippen LogP contribution in [-0.2, 0) is 0 Å². The van der Waals surface area contributed by atoms with E-state index in [2.05, 4.69) is 97.1 Å². The Labute approximate surface area is 162 Å². The summed E-state index contributed by atoms with van der Waals surface area (Å²) in [5, 5.41) is 16.1. The highest BCUT2D eigenvalue weighted by molar-refractivity contribution is 6.33. The van der Waals surface area contributed by atoms with Crippen molar-refractivity contribution >= 4 is 64.6 Å². The fourth-order valence-corrected chi connectivity index (χ4v) is 5.15. The van der Waals surface area contributed by atoms with Crippen molar-refractivity contribution in [2.24, 2.45) is 0 Å². The van der Waals surface area contributed by atoms with E-state index in [1.165, 1.54) is 64.6 Å². The first-order valence-electron chi connectivity index (χ1n) is 9.79. The molecule has 0 nitrogen and oxygen atoms in total. The van der Waals surface area contributed by atoms with E-state index in [1.807, 2.05) is 0 Å². The summed E-state index contributed by atoms with van der Waals surface area (Å²) in [5.41, 5.74) is 0. The van der Waals surface area contributed by atoms with Crippen molar-refractivity contribution in [2.75, 3.05) is 0 Å².